The van der Waals surface area contributed by atoms with Crippen LogP contribution in [0.25, 0.3) is 10.2 Å². The number of hydrogen-bond donors (Lipinski definition) is 1. The first-order valence-corrected chi connectivity index (χ1v) is 9.65. The van der Waals surface area contributed by atoms with Gasteiger partial charge in [0.1, 0.15) is 0 Å². The summed E-state index contributed by atoms with van der Waals surface area (Å²) in [6.45, 7) is 2.08. The number of thioether (sulfide) groups is 1. The normalized spacial score (nSPS) is 11.7. The summed E-state index contributed by atoms with van der Waals surface area (Å²) < 4.78 is 39.9. The van der Waals surface area contributed by atoms with Crippen LogP contribution in [0, 0.1) is 0 Å². The molecule has 26 heavy (non-hydrogen) atoms. The van der Waals surface area contributed by atoms with Crippen LogP contribution in [0.3, 0.4) is 0 Å². The number of nitrogens with one attached hydrogen (secondary N) is 1. The number of benzene rings is 2. The number of amides is 1. The predicted octanol–water partition coefficient (Wildman–Crippen LogP) is 5.61. The maximum atomic E-state index is 12.7. The zero-order chi connectivity index (χ0) is 18.7. The van der Waals surface area contributed by atoms with Crippen molar-refractivity contribution in [2.75, 3.05) is 11.1 Å². The number of rotatable bonds is 5. The van der Waals surface area contributed by atoms with Crippen molar-refractivity contribution in [2.45, 2.75) is 23.9 Å². The number of alkyl halides is 3. The molecule has 3 rings (SSSR count). The van der Waals surface area contributed by atoms with Crippen molar-refractivity contribution < 1.29 is 18.0 Å². The lowest BCUT2D eigenvalue weighted by atomic mass is 10.2. The van der Waals surface area contributed by atoms with Gasteiger partial charge in [-0.1, -0.05) is 30.8 Å². The number of carbonyl (C=O) groups is 1. The fraction of sp³-hybridized carbons (Fsp3) is 0.222. The molecule has 0 spiro atoms. The van der Waals surface area contributed by atoms with Gasteiger partial charge in [0.15, 0.2) is 4.34 Å². The van der Waals surface area contributed by atoms with E-state index in [0.29, 0.717) is 0 Å². The molecule has 8 heteroatoms. The predicted molar refractivity (Wildman–Crippen MR) is 99.8 cm³/mol. The van der Waals surface area contributed by atoms with Crippen molar-refractivity contribution in [1.82, 2.24) is 4.98 Å². The smallest absolute Gasteiger partial charge is 0.325 e. The van der Waals surface area contributed by atoms with Crippen LogP contribution >= 0.6 is 23.1 Å². The minimum Gasteiger partial charge on any atom is -0.325 e. The van der Waals surface area contributed by atoms with Crippen LogP contribution in [-0.4, -0.2) is 16.6 Å². The van der Waals surface area contributed by atoms with Crippen molar-refractivity contribution in [1.29, 1.82) is 0 Å². The third-order valence-corrected chi connectivity index (χ3v) is 5.80. The van der Waals surface area contributed by atoms with Crippen LogP contribution < -0.4 is 5.32 Å². The van der Waals surface area contributed by atoms with Gasteiger partial charge in [-0.25, -0.2) is 4.98 Å². The van der Waals surface area contributed by atoms with E-state index < -0.39 is 11.7 Å². The zero-order valence-electron chi connectivity index (χ0n) is 13.8. The summed E-state index contributed by atoms with van der Waals surface area (Å²) in [7, 11) is 0. The van der Waals surface area contributed by atoms with Crippen LogP contribution in [-0.2, 0) is 17.4 Å². The lowest BCUT2D eigenvalue weighted by Crippen LogP contribution is -2.14. The number of aromatic nitrogens is 1. The highest BCUT2D eigenvalue weighted by Gasteiger charge is 2.30. The van der Waals surface area contributed by atoms with Crippen molar-refractivity contribution >= 4 is 44.9 Å². The molecule has 0 unspecified atom stereocenters. The highest BCUT2D eigenvalue weighted by Crippen LogP contribution is 2.32. The molecule has 0 saturated heterocycles. The van der Waals surface area contributed by atoms with Gasteiger partial charge >= 0.3 is 6.18 Å². The van der Waals surface area contributed by atoms with Crippen LogP contribution in [0.4, 0.5) is 18.9 Å². The van der Waals surface area contributed by atoms with Gasteiger partial charge in [-0.2, -0.15) is 13.2 Å². The Balaban J connectivity index is 1.62. The molecule has 3 aromatic rings. The molecular weight excluding hydrogens is 381 g/mol. The highest BCUT2D eigenvalue weighted by molar-refractivity contribution is 8.01. The Morgan fingerprint density at radius 1 is 1.23 bits per heavy atom. The van der Waals surface area contributed by atoms with Crippen LogP contribution in [0.1, 0.15) is 18.1 Å². The van der Waals surface area contributed by atoms with Gasteiger partial charge in [0.2, 0.25) is 5.91 Å². The van der Waals surface area contributed by atoms with E-state index in [4.69, 9.17) is 0 Å². The van der Waals surface area contributed by atoms with Gasteiger partial charge in [-0.05, 0) is 42.3 Å². The Labute approximate surface area is 156 Å². The Morgan fingerprint density at radius 3 is 2.77 bits per heavy atom. The molecule has 0 fully saturated rings. The van der Waals surface area contributed by atoms with E-state index >= 15 is 0 Å². The summed E-state index contributed by atoms with van der Waals surface area (Å²) in [5.74, 6) is -0.292. The molecule has 1 amide bonds. The summed E-state index contributed by atoms with van der Waals surface area (Å²) in [6.07, 6.45) is -3.50. The quantitative estimate of drug-likeness (QED) is 0.570. The first-order valence-electron chi connectivity index (χ1n) is 7.84. The third-order valence-electron chi connectivity index (χ3n) is 3.64. The lowest BCUT2D eigenvalue weighted by Gasteiger charge is -2.09. The van der Waals surface area contributed by atoms with E-state index in [-0.39, 0.29) is 17.3 Å². The Bertz CT molecular complexity index is 938. The van der Waals surface area contributed by atoms with Crippen molar-refractivity contribution in [3.05, 3.63) is 53.6 Å². The molecule has 0 aliphatic heterocycles. The van der Waals surface area contributed by atoms with E-state index in [1.807, 2.05) is 12.1 Å². The first kappa shape index (κ1) is 18.7. The number of aryl methyl sites for hydroxylation is 1. The minimum absolute atomic E-state index is 0.0801. The Morgan fingerprint density at radius 2 is 2.04 bits per heavy atom. The van der Waals surface area contributed by atoms with Gasteiger partial charge in [0.05, 0.1) is 21.5 Å². The van der Waals surface area contributed by atoms with Crippen LogP contribution in [0.5, 0.6) is 0 Å². The number of thiazole rings is 1. The summed E-state index contributed by atoms with van der Waals surface area (Å²) in [5.41, 5.74) is 1.44. The van der Waals surface area contributed by atoms with Crippen LogP contribution in [0.15, 0.2) is 46.8 Å². The molecule has 0 radical (unpaired) electrons. The summed E-state index contributed by atoms with van der Waals surface area (Å²) in [4.78, 5) is 16.5. The standard InChI is InChI=1S/C18H15F3N2OS2/c1-2-11-6-7-14-15(8-11)26-17(23-14)25-10-16(24)22-13-5-3-4-12(9-13)18(19,20)21/h3-9H,2,10H2,1H3,(H,22,24). The summed E-state index contributed by atoms with van der Waals surface area (Å²) >= 11 is 2.77. The van der Waals surface area contributed by atoms with Crippen molar-refractivity contribution in [2.24, 2.45) is 0 Å². The van der Waals surface area contributed by atoms with Gasteiger partial charge in [0.25, 0.3) is 0 Å². The second kappa shape index (κ2) is 7.67. The summed E-state index contributed by atoms with van der Waals surface area (Å²) in [6, 6.07) is 10.7. The van der Waals surface area contributed by atoms with Gasteiger partial charge < -0.3 is 5.32 Å². The van der Waals surface area contributed by atoms with Crippen molar-refractivity contribution in [3.8, 4) is 0 Å². The summed E-state index contributed by atoms with van der Waals surface area (Å²) in [5, 5.41) is 2.49. The van der Waals surface area contributed by atoms with Gasteiger partial charge in [-0.3, -0.25) is 4.79 Å². The number of anilines is 1. The SMILES string of the molecule is CCc1ccc2nc(SCC(=O)Nc3cccc(C(F)(F)F)c3)sc2c1. The number of nitrogens with zero attached hydrogens (tertiary/aromatic N) is 1. The van der Waals surface area contributed by atoms with E-state index in [1.54, 1.807) is 0 Å². The Hall–Kier alpha value is -2.06. The molecular formula is C18H15F3N2OS2. The fourth-order valence-corrected chi connectivity index (χ4v) is 4.26. The molecule has 1 heterocycles. The third kappa shape index (κ3) is 4.56. The van der Waals surface area contributed by atoms with Crippen molar-refractivity contribution in [3.63, 3.8) is 0 Å². The van der Waals surface area contributed by atoms with Crippen LogP contribution in [0.2, 0.25) is 0 Å². The van der Waals surface area contributed by atoms with Gasteiger partial charge in [0, 0.05) is 5.69 Å². The molecule has 3 nitrogen and oxygen atoms in total. The Kier molecular flexibility index (Phi) is 5.52. The van der Waals surface area contributed by atoms with E-state index in [2.05, 4.69) is 23.3 Å². The number of fused-ring (bicyclic) bond motifs is 1. The molecule has 2 aromatic carbocycles. The first-order chi connectivity index (χ1) is 12.3. The molecule has 0 atom stereocenters. The maximum absolute atomic E-state index is 12.7. The lowest BCUT2D eigenvalue weighted by molar-refractivity contribution is -0.137. The second-order valence-corrected chi connectivity index (χ2v) is 7.80. The zero-order valence-corrected chi connectivity index (χ0v) is 15.4. The molecule has 0 aliphatic carbocycles. The topological polar surface area (TPSA) is 42.0 Å². The van der Waals surface area contributed by atoms with Gasteiger partial charge in [-0.15, -0.1) is 11.3 Å². The molecule has 0 bridgehead atoms. The largest absolute Gasteiger partial charge is 0.416 e. The fourth-order valence-electron chi connectivity index (χ4n) is 2.33. The molecule has 0 saturated carbocycles. The highest BCUT2D eigenvalue weighted by atomic mass is 32.2. The molecule has 1 aromatic heterocycles. The van der Waals surface area contributed by atoms with E-state index in [0.717, 1.165) is 33.1 Å². The monoisotopic (exact) mass is 396 g/mol. The average Bonchev–Trinajstić information content (AvgIpc) is 3.01. The average molecular weight is 396 g/mol. The van der Waals surface area contributed by atoms with E-state index in [9.17, 15) is 18.0 Å². The number of hydrogen-bond acceptors (Lipinski definition) is 4. The molecule has 136 valence electrons. The minimum atomic E-state index is -4.44. The van der Waals surface area contributed by atoms with E-state index in [1.165, 1.54) is 40.8 Å². The number of halogens is 3. The second-order valence-electron chi connectivity index (χ2n) is 5.55. The molecule has 0 aliphatic rings. The number of carbonyl (C=O) groups excluding carboxylic acids is 1. The maximum Gasteiger partial charge on any atom is 0.416 e. The molecule has 1 N–H and O–H groups in total.